The van der Waals surface area contributed by atoms with Crippen molar-refractivity contribution in [2.24, 2.45) is 0 Å². The smallest absolute Gasteiger partial charge is 0.137 e. The molecule has 0 aliphatic heterocycles. The number of rotatable bonds is 11. The van der Waals surface area contributed by atoms with Crippen molar-refractivity contribution in [3.05, 3.63) is 48.5 Å². The Morgan fingerprint density at radius 3 is 2.10 bits per heavy atom. The highest BCUT2D eigenvalue weighted by Gasteiger charge is 1.95. The zero-order chi connectivity index (χ0) is 14.6. The largest absolute Gasteiger partial charge is 0.253 e. The van der Waals surface area contributed by atoms with Crippen molar-refractivity contribution in [1.82, 2.24) is 14.8 Å². The Bertz CT molecular complexity index is 451. The Hall–Kier alpha value is -1.64. The predicted octanol–water partition coefficient (Wildman–Crippen LogP) is 4.64. The zero-order valence-electron chi connectivity index (χ0n) is 13.0. The Kier molecular flexibility index (Phi) is 7.60. The summed E-state index contributed by atoms with van der Waals surface area (Å²) in [6, 6.07) is 10.8. The van der Waals surface area contributed by atoms with E-state index < -0.39 is 0 Å². The van der Waals surface area contributed by atoms with Crippen molar-refractivity contribution in [3.8, 4) is 0 Å². The van der Waals surface area contributed by atoms with Gasteiger partial charge in [-0.3, -0.25) is 4.68 Å². The molecule has 21 heavy (non-hydrogen) atoms. The first-order valence-electron chi connectivity index (χ1n) is 8.31. The zero-order valence-corrected chi connectivity index (χ0v) is 13.0. The highest BCUT2D eigenvalue weighted by atomic mass is 15.3. The molecule has 1 heterocycles. The number of nitrogens with zero attached hydrogens (tertiary/aromatic N) is 3. The molecule has 3 heteroatoms. The van der Waals surface area contributed by atoms with Gasteiger partial charge in [-0.1, -0.05) is 68.9 Å². The molecule has 0 amide bonds. The van der Waals surface area contributed by atoms with E-state index >= 15 is 0 Å². The van der Waals surface area contributed by atoms with Gasteiger partial charge >= 0.3 is 0 Å². The van der Waals surface area contributed by atoms with Gasteiger partial charge in [-0.25, -0.2) is 4.98 Å². The van der Waals surface area contributed by atoms with Crippen LogP contribution in [-0.4, -0.2) is 14.8 Å². The van der Waals surface area contributed by atoms with Crippen LogP contribution in [0.25, 0.3) is 0 Å². The monoisotopic (exact) mass is 285 g/mol. The van der Waals surface area contributed by atoms with E-state index in [2.05, 4.69) is 40.4 Å². The van der Waals surface area contributed by atoms with Gasteiger partial charge in [0.1, 0.15) is 12.7 Å². The summed E-state index contributed by atoms with van der Waals surface area (Å²) in [5.74, 6) is 0. The summed E-state index contributed by atoms with van der Waals surface area (Å²) < 4.78 is 1.92. The Labute approximate surface area is 128 Å². The van der Waals surface area contributed by atoms with Crippen LogP contribution in [0.2, 0.25) is 0 Å². The molecule has 2 aromatic rings. The van der Waals surface area contributed by atoms with Gasteiger partial charge in [0.2, 0.25) is 0 Å². The predicted molar refractivity (Wildman–Crippen MR) is 87.1 cm³/mol. The fraction of sp³-hybridized carbons (Fsp3) is 0.556. The summed E-state index contributed by atoms with van der Waals surface area (Å²) in [6.07, 6.45) is 15.4. The third kappa shape index (κ3) is 7.07. The lowest BCUT2D eigenvalue weighted by atomic mass is 10.0. The molecule has 1 aromatic carbocycles. The van der Waals surface area contributed by atoms with Gasteiger partial charge < -0.3 is 0 Å². The Balaban J connectivity index is 1.35. The van der Waals surface area contributed by atoms with Crippen LogP contribution >= 0.6 is 0 Å². The summed E-state index contributed by atoms with van der Waals surface area (Å²) >= 11 is 0. The maximum Gasteiger partial charge on any atom is 0.137 e. The fourth-order valence-corrected chi connectivity index (χ4v) is 2.66. The summed E-state index contributed by atoms with van der Waals surface area (Å²) in [7, 11) is 0. The molecule has 0 bridgehead atoms. The van der Waals surface area contributed by atoms with E-state index in [-0.39, 0.29) is 0 Å². The lowest BCUT2D eigenvalue weighted by Crippen LogP contribution is -1.97. The lowest BCUT2D eigenvalue weighted by molar-refractivity contribution is 0.517. The van der Waals surface area contributed by atoms with Crippen LogP contribution in [0, 0.1) is 0 Å². The van der Waals surface area contributed by atoms with Gasteiger partial charge in [0.05, 0.1) is 0 Å². The molecule has 0 atom stereocenters. The SMILES string of the molecule is c1ccc(CCCCCCCCCCn2cncn2)cc1. The van der Waals surface area contributed by atoms with Crippen molar-refractivity contribution in [3.63, 3.8) is 0 Å². The molecular weight excluding hydrogens is 258 g/mol. The second-order valence-corrected chi connectivity index (χ2v) is 5.72. The van der Waals surface area contributed by atoms with Crippen LogP contribution in [0.4, 0.5) is 0 Å². The van der Waals surface area contributed by atoms with Gasteiger partial charge in [-0.2, -0.15) is 5.10 Å². The van der Waals surface area contributed by atoms with Crippen LogP contribution in [-0.2, 0) is 13.0 Å². The average molecular weight is 285 g/mol. The Morgan fingerprint density at radius 1 is 0.762 bits per heavy atom. The minimum absolute atomic E-state index is 1.01. The number of benzene rings is 1. The van der Waals surface area contributed by atoms with Crippen LogP contribution in [0.3, 0.4) is 0 Å². The van der Waals surface area contributed by atoms with E-state index in [1.54, 1.807) is 12.7 Å². The normalized spacial score (nSPS) is 10.9. The van der Waals surface area contributed by atoms with Gasteiger partial charge in [0.25, 0.3) is 0 Å². The molecule has 0 aliphatic rings. The first-order chi connectivity index (χ1) is 10.4. The molecule has 0 saturated carbocycles. The molecule has 3 nitrogen and oxygen atoms in total. The molecular formula is C18H27N3. The highest BCUT2D eigenvalue weighted by Crippen LogP contribution is 2.11. The molecule has 0 fully saturated rings. The fourth-order valence-electron chi connectivity index (χ4n) is 2.66. The van der Waals surface area contributed by atoms with Crippen molar-refractivity contribution in [2.75, 3.05) is 0 Å². The number of aryl methyl sites for hydroxylation is 2. The molecule has 0 aliphatic carbocycles. The standard InChI is InChI=1S/C18H27N3/c1(2-4-6-11-15-21-17-19-16-20-21)3-5-8-12-18-13-9-7-10-14-18/h7,9-10,13-14,16-17H,1-6,8,11-12,15H2. The van der Waals surface area contributed by atoms with Crippen LogP contribution in [0.5, 0.6) is 0 Å². The second kappa shape index (κ2) is 10.1. The van der Waals surface area contributed by atoms with Crippen molar-refractivity contribution in [1.29, 1.82) is 0 Å². The van der Waals surface area contributed by atoms with E-state index in [1.807, 2.05) is 4.68 Å². The van der Waals surface area contributed by atoms with Gasteiger partial charge in [0, 0.05) is 6.54 Å². The summed E-state index contributed by atoms with van der Waals surface area (Å²) in [5, 5.41) is 4.11. The third-order valence-electron chi connectivity index (χ3n) is 3.91. The molecule has 114 valence electrons. The molecule has 0 unspecified atom stereocenters. The van der Waals surface area contributed by atoms with Crippen molar-refractivity contribution < 1.29 is 0 Å². The van der Waals surface area contributed by atoms with Crippen LogP contribution < -0.4 is 0 Å². The van der Waals surface area contributed by atoms with Gasteiger partial charge in [0.15, 0.2) is 0 Å². The van der Waals surface area contributed by atoms with E-state index in [4.69, 9.17) is 0 Å². The van der Waals surface area contributed by atoms with Gasteiger partial charge in [-0.15, -0.1) is 0 Å². The first kappa shape index (κ1) is 15.7. The Morgan fingerprint density at radius 2 is 1.43 bits per heavy atom. The minimum Gasteiger partial charge on any atom is -0.253 e. The molecule has 0 spiro atoms. The number of unbranched alkanes of at least 4 members (excludes halogenated alkanes) is 7. The van der Waals surface area contributed by atoms with E-state index in [0.717, 1.165) is 6.54 Å². The molecule has 2 rings (SSSR count). The summed E-state index contributed by atoms with van der Waals surface area (Å²) in [4.78, 5) is 3.95. The molecule has 0 N–H and O–H groups in total. The van der Waals surface area contributed by atoms with E-state index in [1.165, 1.54) is 63.4 Å². The van der Waals surface area contributed by atoms with Crippen molar-refractivity contribution >= 4 is 0 Å². The highest BCUT2D eigenvalue weighted by molar-refractivity contribution is 5.14. The number of aromatic nitrogens is 3. The maximum absolute atomic E-state index is 4.11. The average Bonchev–Trinajstić information content (AvgIpc) is 3.03. The molecule has 0 radical (unpaired) electrons. The number of hydrogen-bond acceptors (Lipinski definition) is 2. The maximum atomic E-state index is 4.11. The van der Waals surface area contributed by atoms with E-state index in [9.17, 15) is 0 Å². The van der Waals surface area contributed by atoms with E-state index in [0.29, 0.717) is 0 Å². The van der Waals surface area contributed by atoms with Crippen LogP contribution in [0.15, 0.2) is 43.0 Å². The quantitative estimate of drug-likeness (QED) is 0.563. The number of hydrogen-bond donors (Lipinski definition) is 0. The first-order valence-corrected chi connectivity index (χ1v) is 8.31. The summed E-state index contributed by atoms with van der Waals surface area (Å²) in [6.45, 7) is 1.01. The minimum atomic E-state index is 1.01. The van der Waals surface area contributed by atoms with Crippen LogP contribution in [0.1, 0.15) is 56.9 Å². The van der Waals surface area contributed by atoms with Gasteiger partial charge in [-0.05, 0) is 24.8 Å². The third-order valence-corrected chi connectivity index (χ3v) is 3.91. The second-order valence-electron chi connectivity index (χ2n) is 5.72. The molecule has 0 saturated heterocycles. The lowest BCUT2D eigenvalue weighted by Gasteiger charge is -2.03. The summed E-state index contributed by atoms with van der Waals surface area (Å²) in [5.41, 5.74) is 1.48. The van der Waals surface area contributed by atoms with Crippen molar-refractivity contribution in [2.45, 2.75) is 64.3 Å². The molecule has 1 aromatic heterocycles. The topological polar surface area (TPSA) is 30.7 Å².